The molecule has 0 fully saturated rings. The minimum absolute atomic E-state index is 0.180. The van der Waals surface area contributed by atoms with Crippen LogP contribution in [0.5, 0.6) is 5.75 Å². The third-order valence-corrected chi connectivity index (χ3v) is 4.05. The Bertz CT molecular complexity index is 642. The Morgan fingerprint density at radius 3 is 2.57 bits per heavy atom. The molecule has 1 unspecified atom stereocenters. The minimum atomic E-state index is -0.180. The normalized spacial score (nSPS) is 16.3. The van der Waals surface area contributed by atoms with Crippen LogP contribution in [0.2, 0.25) is 0 Å². The number of benzene rings is 2. The van der Waals surface area contributed by atoms with Gasteiger partial charge in [-0.05, 0) is 68.2 Å². The van der Waals surface area contributed by atoms with Crippen molar-refractivity contribution >= 4 is 5.69 Å². The van der Waals surface area contributed by atoms with E-state index >= 15 is 0 Å². The molecule has 0 saturated heterocycles. The lowest BCUT2D eigenvalue weighted by Crippen LogP contribution is -2.27. The van der Waals surface area contributed by atoms with Crippen LogP contribution in [0.4, 0.5) is 10.1 Å². The number of rotatable bonds is 6. The molecular weight excluding hydrogens is 291 g/mol. The van der Waals surface area contributed by atoms with Gasteiger partial charge in [0.1, 0.15) is 17.7 Å². The van der Waals surface area contributed by atoms with E-state index in [1.165, 1.54) is 17.7 Å². The average Bonchev–Trinajstić information content (AvgIpc) is 2.56. The van der Waals surface area contributed by atoms with Crippen LogP contribution in [0, 0.1) is 5.82 Å². The van der Waals surface area contributed by atoms with Crippen molar-refractivity contribution in [2.45, 2.75) is 25.9 Å². The van der Waals surface area contributed by atoms with E-state index in [1.54, 1.807) is 0 Å². The van der Waals surface area contributed by atoms with Crippen molar-refractivity contribution in [3.05, 3.63) is 59.4 Å². The Hall–Kier alpha value is -2.07. The van der Waals surface area contributed by atoms with E-state index in [2.05, 4.69) is 29.7 Å². The number of hydrogen-bond donors (Lipinski definition) is 2. The fraction of sp³-hybridized carbons (Fsp3) is 0.368. The van der Waals surface area contributed by atoms with Crippen LogP contribution in [0.1, 0.15) is 18.1 Å². The van der Waals surface area contributed by atoms with Gasteiger partial charge in [0.2, 0.25) is 0 Å². The number of fused-ring (bicyclic) bond motifs is 1. The van der Waals surface area contributed by atoms with Gasteiger partial charge in [0, 0.05) is 0 Å². The molecule has 0 amide bonds. The predicted octanol–water partition coefficient (Wildman–Crippen LogP) is 3.39. The topological polar surface area (TPSA) is 33.3 Å². The monoisotopic (exact) mass is 314 g/mol. The molecule has 1 atom stereocenters. The Kier molecular flexibility index (Phi) is 5.13. The highest BCUT2D eigenvalue weighted by atomic mass is 19.1. The van der Waals surface area contributed by atoms with Gasteiger partial charge in [-0.2, -0.15) is 0 Å². The summed E-state index contributed by atoms with van der Waals surface area (Å²) in [5, 5.41) is 6.84. The zero-order valence-corrected chi connectivity index (χ0v) is 13.4. The fourth-order valence-electron chi connectivity index (χ4n) is 2.73. The summed E-state index contributed by atoms with van der Waals surface area (Å²) in [6, 6.07) is 13.0. The molecule has 3 nitrogen and oxygen atoms in total. The first-order valence-corrected chi connectivity index (χ1v) is 8.19. The number of ether oxygens (including phenoxy) is 1. The van der Waals surface area contributed by atoms with E-state index in [9.17, 15) is 4.39 Å². The van der Waals surface area contributed by atoms with Gasteiger partial charge in [0.25, 0.3) is 0 Å². The quantitative estimate of drug-likeness (QED) is 0.802. The van der Waals surface area contributed by atoms with Crippen molar-refractivity contribution in [2.24, 2.45) is 0 Å². The van der Waals surface area contributed by atoms with Gasteiger partial charge in [-0.1, -0.05) is 18.2 Å². The number of hydrogen-bond acceptors (Lipinski definition) is 3. The first kappa shape index (κ1) is 15.8. The number of nitrogens with one attached hydrogen (secondary N) is 2. The highest BCUT2D eigenvalue weighted by Crippen LogP contribution is 2.29. The minimum Gasteiger partial charge on any atom is -0.487 e. The zero-order valence-electron chi connectivity index (χ0n) is 13.4. The van der Waals surface area contributed by atoms with Gasteiger partial charge < -0.3 is 15.4 Å². The summed E-state index contributed by atoms with van der Waals surface area (Å²) in [6.07, 6.45) is 2.12. The molecular formula is C19H23FN2O. The molecule has 0 aromatic heterocycles. The Morgan fingerprint density at radius 2 is 1.78 bits per heavy atom. The summed E-state index contributed by atoms with van der Waals surface area (Å²) < 4.78 is 18.6. The highest BCUT2D eigenvalue weighted by Gasteiger charge is 2.15. The van der Waals surface area contributed by atoms with Crippen molar-refractivity contribution in [1.82, 2.24) is 5.32 Å². The Labute approximate surface area is 136 Å². The van der Waals surface area contributed by atoms with Gasteiger partial charge in [0.15, 0.2) is 0 Å². The largest absolute Gasteiger partial charge is 0.487 e. The van der Waals surface area contributed by atoms with Crippen molar-refractivity contribution in [1.29, 1.82) is 0 Å². The van der Waals surface area contributed by atoms with E-state index in [0.717, 1.165) is 49.5 Å². The molecule has 3 rings (SSSR count). The van der Waals surface area contributed by atoms with E-state index in [1.807, 2.05) is 18.2 Å². The summed E-state index contributed by atoms with van der Waals surface area (Å²) in [7, 11) is 0. The van der Waals surface area contributed by atoms with Gasteiger partial charge in [0.05, 0.1) is 12.2 Å². The second kappa shape index (κ2) is 7.47. The van der Waals surface area contributed by atoms with Crippen LogP contribution in [0.3, 0.4) is 0 Å². The molecule has 1 aliphatic heterocycles. The molecule has 0 aliphatic carbocycles. The maximum absolute atomic E-state index is 12.8. The van der Waals surface area contributed by atoms with Gasteiger partial charge in [-0.3, -0.25) is 0 Å². The maximum Gasteiger partial charge on any atom is 0.142 e. The molecule has 0 spiro atoms. The van der Waals surface area contributed by atoms with Gasteiger partial charge in [-0.25, -0.2) is 4.39 Å². The second-order valence-corrected chi connectivity index (χ2v) is 6.02. The smallest absolute Gasteiger partial charge is 0.142 e. The lowest BCUT2D eigenvalue weighted by atomic mass is 10.1. The third-order valence-electron chi connectivity index (χ3n) is 4.05. The van der Waals surface area contributed by atoms with Crippen LogP contribution in [-0.4, -0.2) is 25.7 Å². The Morgan fingerprint density at radius 1 is 1.09 bits per heavy atom. The lowest BCUT2D eigenvalue weighted by Gasteiger charge is -2.25. The van der Waals surface area contributed by atoms with Crippen LogP contribution in [0.15, 0.2) is 42.5 Å². The van der Waals surface area contributed by atoms with E-state index in [0.29, 0.717) is 0 Å². The van der Waals surface area contributed by atoms with Crippen molar-refractivity contribution in [3.63, 3.8) is 0 Å². The molecule has 0 saturated carbocycles. The molecule has 1 heterocycles. The van der Waals surface area contributed by atoms with Crippen LogP contribution in [0.25, 0.3) is 0 Å². The zero-order chi connectivity index (χ0) is 16.1. The molecule has 1 aliphatic rings. The summed E-state index contributed by atoms with van der Waals surface area (Å²) >= 11 is 0. The summed E-state index contributed by atoms with van der Waals surface area (Å²) in [5.41, 5.74) is 3.54. The SMILES string of the molecule is CC1CNc2cc(CCNCCc3ccc(F)cc3)ccc2O1. The second-order valence-electron chi connectivity index (χ2n) is 6.02. The molecule has 23 heavy (non-hydrogen) atoms. The molecule has 0 radical (unpaired) electrons. The summed E-state index contributed by atoms with van der Waals surface area (Å²) in [4.78, 5) is 0. The number of halogens is 1. The average molecular weight is 314 g/mol. The molecule has 122 valence electrons. The van der Waals surface area contributed by atoms with Crippen LogP contribution >= 0.6 is 0 Å². The van der Waals surface area contributed by atoms with Gasteiger partial charge >= 0.3 is 0 Å². The standard InChI is InChI=1S/C19H23FN2O/c1-14-13-22-18-12-16(4-7-19(18)23-14)9-11-21-10-8-15-2-5-17(20)6-3-15/h2-7,12,14,21-22H,8-11,13H2,1H3. The number of anilines is 1. The molecule has 2 aromatic carbocycles. The molecule has 0 bridgehead atoms. The Balaban J connectivity index is 1.41. The van der Waals surface area contributed by atoms with Crippen molar-refractivity contribution in [2.75, 3.05) is 25.0 Å². The van der Waals surface area contributed by atoms with Crippen LogP contribution in [-0.2, 0) is 12.8 Å². The lowest BCUT2D eigenvalue weighted by molar-refractivity contribution is 0.226. The summed E-state index contributed by atoms with van der Waals surface area (Å²) in [5.74, 6) is 0.762. The maximum atomic E-state index is 12.8. The van der Waals surface area contributed by atoms with E-state index < -0.39 is 0 Å². The molecule has 2 aromatic rings. The predicted molar refractivity (Wildman–Crippen MR) is 91.7 cm³/mol. The van der Waals surface area contributed by atoms with E-state index in [4.69, 9.17) is 4.74 Å². The fourth-order valence-corrected chi connectivity index (χ4v) is 2.73. The van der Waals surface area contributed by atoms with Crippen molar-refractivity contribution < 1.29 is 9.13 Å². The first-order chi connectivity index (χ1) is 11.2. The highest BCUT2D eigenvalue weighted by molar-refractivity contribution is 5.59. The molecule has 2 N–H and O–H groups in total. The van der Waals surface area contributed by atoms with Crippen molar-refractivity contribution in [3.8, 4) is 5.75 Å². The third kappa shape index (κ3) is 4.45. The summed E-state index contributed by atoms with van der Waals surface area (Å²) in [6.45, 7) is 4.74. The van der Waals surface area contributed by atoms with E-state index in [-0.39, 0.29) is 11.9 Å². The van der Waals surface area contributed by atoms with Crippen LogP contribution < -0.4 is 15.4 Å². The molecule has 4 heteroatoms. The first-order valence-electron chi connectivity index (χ1n) is 8.19. The van der Waals surface area contributed by atoms with Gasteiger partial charge in [-0.15, -0.1) is 0 Å².